The standard InChI is InChI=1S/C19H15NO4S2/c1-10-7-12(8-11(2)16(10)21)9-15-17(22)20(19(25)26-15)14-5-3-13(4-6-14)18(23)24/h3-9,21H,1-2H3,(H,23,24)/p-1/b15-9-. The average Bonchev–Trinajstić information content (AvgIpc) is 2.86. The van der Waals surface area contributed by atoms with E-state index >= 15 is 0 Å². The number of carboxylic acids is 1. The van der Waals surface area contributed by atoms with Crippen molar-refractivity contribution in [2.24, 2.45) is 0 Å². The summed E-state index contributed by atoms with van der Waals surface area (Å²) in [4.78, 5) is 25.5. The van der Waals surface area contributed by atoms with E-state index in [2.05, 4.69) is 0 Å². The van der Waals surface area contributed by atoms with E-state index < -0.39 is 5.97 Å². The fourth-order valence-corrected chi connectivity index (χ4v) is 3.96. The Kier molecular flexibility index (Phi) is 4.84. The average molecular weight is 384 g/mol. The number of benzene rings is 2. The molecule has 0 atom stereocenters. The number of amides is 1. The van der Waals surface area contributed by atoms with E-state index in [1.165, 1.54) is 28.8 Å². The van der Waals surface area contributed by atoms with Gasteiger partial charge in [-0.25, -0.2) is 4.79 Å². The van der Waals surface area contributed by atoms with Gasteiger partial charge in [0.25, 0.3) is 5.91 Å². The molecule has 0 aliphatic carbocycles. The van der Waals surface area contributed by atoms with Gasteiger partial charge in [0.05, 0.1) is 16.2 Å². The van der Waals surface area contributed by atoms with Crippen LogP contribution in [0.4, 0.5) is 5.69 Å². The summed E-state index contributed by atoms with van der Waals surface area (Å²) in [6, 6.07) is 9.45. The lowest BCUT2D eigenvalue weighted by Gasteiger charge is -2.15. The largest absolute Gasteiger partial charge is 0.872 e. The Bertz CT molecular complexity index is 941. The second-order valence-electron chi connectivity index (χ2n) is 5.85. The van der Waals surface area contributed by atoms with Gasteiger partial charge in [-0.15, -0.1) is 5.75 Å². The SMILES string of the molecule is Cc1cc(/C=C2\SC(=S)N(c3ccc(C(=O)O)cc3)C2=O)cc(C)c1[O-]. The number of anilines is 1. The number of thioether (sulfide) groups is 1. The minimum absolute atomic E-state index is 0.00628. The summed E-state index contributed by atoms with van der Waals surface area (Å²) in [5, 5.41) is 20.8. The second kappa shape index (κ2) is 6.93. The predicted molar refractivity (Wildman–Crippen MR) is 104 cm³/mol. The Morgan fingerprint density at radius 3 is 2.31 bits per heavy atom. The van der Waals surface area contributed by atoms with E-state index in [-0.39, 0.29) is 17.2 Å². The molecule has 1 heterocycles. The molecule has 0 spiro atoms. The zero-order valence-corrected chi connectivity index (χ0v) is 15.6. The van der Waals surface area contributed by atoms with Gasteiger partial charge in [-0.05, 0) is 49.8 Å². The highest BCUT2D eigenvalue weighted by Crippen LogP contribution is 2.36. The fourth-order valence-electron chi connectivity index (χ4n) is 2.66. The third-order valence-electron chi connectivity index (χ3n) is 3.95. The Hall–Kier alpha value is -2.64. The van der Waals surface area contributed by atoms with Crippen molar-refractivity contribution < 1.29 is 19.8 Å². The summed E-state index contributed by atoms with van der Waals surface area (Å²) in [7, 11) is 0. The lowest BCUT2D eigenvalue weighted by Crippen LogP contribution is -2.27. The topological polar surface area (TPSA) is 80.7 Å². The monoisotopic (exact) mass is 384 g/mol. The number of hydrogen-bond donors (Lipinski definition) is 1. The highest BCUT2D eigenvalue weighted by atomic mass is 32.2. The van der Waals surface area contributed by atoms with Crippen LogP contribution >= 0.6 is 24.0 Å². The van der Waals surface area contributed by atoms with Gasteiger partial charge < -0.3 is 10.2 Å². The first-order valence-corrected chi connectivity index (χ1v) is 8.90. The molecule has 1 saturated heterocycles. The van der Waals surface area contributed by atoms with E-state index in [0.717, 1.165) is 5.56 Å². The van der Waals surface area contributed by atoms with Crippen molar-refractivity contribution in [1.82, 2.24) is 0 Å². The first kappa shape index (κ1) is 18.2. The van der Waals surface area contributed by atoms with E-state index in [1.54, 1.807) is 44.2 Å². The molecule has 1 amide bonds. The maximum Gasteiger partial charge on any atom is 0.335 e. The van der Waals surface area contributed by atoms with E-state index in [1.807, 2.05) is 0 Å². The number of aromatic carboxylic acids is 1. The normalized spacial score (nSPS) is 15.8. The number of hydrogen-bond acceptors (Lipinski definition) is 5. The molecule has 3 rings (SSSR count). The Morgan fingerprint density at radius 2 is 1.77 bits per heavy atom. The number of carboxylic acid groups (broad SMARTS) is 1. The number of carbonyl (C=O) groups excluding carboxylic acids is 1. The van der Waals surface area contributed by atoms with Crippen LogP contribution in [-0.2, 0) is 4.79 Å². The Morgan fingerprint density at radius 1 is 1.19 bits per heavy atom. The van der Waals surface area contributed by atoms with Gasteiger partial charge in [-0.1, -0.05) is 47.2 Å². The van der Waals surface area contributed by atoms with Crippen LogP contribution in [-0.4, -0.2) is 21.3 Å². The molecule has 0 radical (unpaired) electrons. The number of thiocarbonyl (C=S) groups is 1. The maximum absolute atomic E-state index is 12.7. The Balaban J connectivity index is 1.92. The molecule has 1 fully saturated rings. The van der Waals surface area contributed by atoms with Crippen LogP contribution in [0.15, 0.2) is 41.3 Å². The molecule has 2 aromatic rings. The number of rotatable bonds is 3. The number of carbonyl (C=O) groups is 2. The van der Waals surface area contributed by atoms with Gasteiger partial charge in [0.1, 0.15) is 0 Å². The van der Waals surface area contributed by atoms with Crippen LogP contribution in [0.5, 0.6) is 5.75 Å². The first-order chi connectivity index (χ1) is 12.3. The van der Waals surface area contributed by atoms with Gasteiger partial charge in [0.15, 0.2) is 4.32 Å². The molecule has 2 aromatic carbocycles. The Labute approximate surface area is 160 Å². The van der Waals surface area contributed by atoms with Gasteiger partial charge in [-0.2, -0.15) is 0 Å². The van der Waals surface area contributed by atoms with Gasteiger partial charge in [0, 0.05) is 0 Å². The van der Waals surface area contributed by atoms with Crippen molar-refractivity contribution >= 4 is 51.9 Å². The van der Waals surface area contributed by atoms with E-state index in [0.29, 0.717) is 26.0 Å². The third kappa shape index (κ3) is 3.36. The van der Waals surface area contributed by atoms with Crippen molar-refractivity contribution in [2.75, 3.05) is 4.90 Å². The summed E-state index contributed by atoms with van der Waals surface area (Å²) >= 11 is 6.48. The minimum atomic E-state index is -1.03. The van der Waals surface area contributed by atoms with Gasteiger partial charge in [0.2, 0.25) is 0 Å². The summed E-state index contributed by atoms with van der Waals surface area (Å²) in [6.45, 7) is 3.48. The molecule has 1 aliphatic heterocycles. The smallest absolute Gasteiger partial charge is 0.335 e. The molecule has 0 bridgehead atoms. The molecule has 132 valence electrons. The highest BCUT2D eigenvalue weighted by Gasteiger charge is 2.33. The summed E-state index contributed by atoms with van der Waals surface area (Å²) in [5.74, 6) is -1.31. The molecule has 5 nitrogen and oxygen atoms in total. The molecule has 0 aromatic heterocycles. The summed E-state index contributed by atoms with van der Waals surface area (Å²) in [5.41, 5.74) is 2.66. The molecular formula is C19H14NO4S2-. The van der Waals surface area contributed by atoms with Gasteiger partial charge >= 0.3 is 5.97 Å². The van der Waals surface area contributed by atoms with Crippen LogP contribution in [0.25, 0.3) is 6.08 Å². The van der Waals surface area contributed by atoms with Gasteiger partial charge in [-0.3, -0.25) is 9.69 Å². The predicted octanol–water partition coefficient (Wildman–Crippen LogP) is 3.48. The van der Waals surface area contributed by atoms with Crippen molar-refractivity contribution in [3.63, 3.8) is 0 Å². The second-order valence-corrected chi connectivity index (χ2v) is 7.53. The lowest BCUT2D eigenvalue weighted by atomic mass is 10.1. The molecule has 0 unspecified atom stereocenters. The van der Waals surface area contributed by atoms with Crippen LogP contribution < -0.4 is 10.0 Å². The lowest BCUT2D eigenvalue weighted by molar-refractivity contribution is -0.270. The van der Waals surface area contributed by atoms with E-state index in [9.17, 15) is 14.7 Å². The van der Waals surface area contributed by atoms with Crippen LogP contribution in [0, 0.1) is 13.8 Å². The number of aryl methyl sites for hydroxylation is 2. The highest BCUT2D eigenvalue weighted by molar-refractivity contribution is 8.27. The molecular weight excluding hydrogens is 370 g/mol. The fraction of sp³-hybridized carbons (Fsp3) is 0.105. The van der Waals surface area contributed by atoms with Crippen molar-refractivity contribution in [2.45, 2.75) is 13.8 Å². The molecule has 1 N–H and O–H groups in total. The zero-order valence-electron chi connectivity index (χ0n) is 14.0. The van der Waals surface area contributed by atoms with Crippen LogP contribution in [0.1, 0.15) is 27.0 Å². The van der Waals surface area contributed by atoms with E-state index in [4.69, 9.17) is 17.3 Å². The van der Waals surface area contributed by atoms with Crippen molar-refractivity contribution in [3.8, 4) is 5.75 Å². The maximum atomic E-state index is 12.7. The molecule has 26 heavy (non-hydrogen) atoms. The molecule has 0 saturated carbocycles. The minimum Gasteiger partial charge on any atom is -0.872 e. The van der Waals surface area contributed by atoms with Crippen molar-refractivity contribution in [3.05, 3.63) is 63.6 Å². The zero-order chi connectivity index (χ0) is 19.0. The van der Waals surface area contributed by atoms with Crippen molar-refractivity contribution in [1.29, 1.82) is 0 Å². The molecule has 1 aliphatic rings. The number of nitrogens with zero attached hydrogens (tertiary/aromatic N) is 1. The quantitative estimate of drug-likeness (QED) is 0.645. The summed E-state index contributed by atoms with van der Waals surface area (Å²) < 4.78 is 0.373. The molecule has 7 heteroatoms. The van der Waals surface area contributed by atoms with Crippen LogP contribution in [0.3, 0.4) is 0 Å². The summed E-state index contributed by atoms with van der Waals surface area (Å²) in [6.07, 6.45) is 1.71. The first-order valence-electron chi connectivity index (χ1n) is 7.67. The third-order valence-corrected chi connectivity index (χ3v) is 5.25. The van der Waals surface area contributed by atoms with Crippen LogP contribution in [0.2, 0.25) is 0 Å².